The van der Waals surface area contributed by atoms with Crippen molar-refractivity contribution in [3.8, 4) is 0 Å². The van der Waals surface area contributed by atoms with E-state index in [2.05, 4.69) is 27.3 Å². The Labute approximate surface area is 87.5 Å². The lowest BCUT2D eigenvalue weighted by molar-refractivity contribution is 0.161. The minimum Gasteiger partial charge on any atom is -0.412 e. The highest BCUT2D eigenvalue weighted by Crippen LogP contribution is 2.17. The van der Waals surface area contributed by atoms with Crippen LogP contribution in [0.15, 0.2) is 4.42 Å². The molecule has 0 bridgehead atoms. The Kier molecular flexibility index (Phi) is 2.95. The number of nitrogens with zero attached hydrogens (tertiary/aromatic N) is 2. The van der Waals surface area contributed by atoms with Gasteiger partial charge in [-0.1, -0.05) is 0 Å². The van der Waals surface area contributed by atoms with Crippen molar-refractivity contribution in [1.29, 1.82) is 0 Å². The highest BCUT2D eigenvalue weighted by atomic mass is 32.1. The molecule has 1 aromatic rings. The molecule has 1 aliphatic rings. The van der Waals surface area contributed by atoms with Crippen molar-refractivity contribution >= 4 is 12.2 Å². The van der Waals surface area contributed by atoms with Crippen molar-refractivity contribution in [2.75, 3.05) is 26.2 Å². The van der Waals surface area contributed by atoms with Crippen LogP contribution in [0.2, 0.25) is 0 Å². The number of hydrogen-bond donors (Lipinski definition) is 2. The van der Waals surface area contributed by atoms with Gasteiger partial charge in [0, 0.05) is 26.2 Å². The van der Waals surface area contributed by atoms with E-state index in [0.717, 1.165) is 26.2 Å². The number of piperazine rings is 1. The molecule has 14 heavy (non-hydrogen) atoms. The molecule has 6 heteroatoms. The lowest BCUT2D eigenvalue weighted by Gasteiger charge is -2.30. The van der Waals surface area contributed by atoms with E-state index in [1.807, 2.05) is 0 Å². The number of nitrogens with one attached hydrogen (secondary N) is 2. The van der Waals surface area contributed by atoms with E-state index in [1.165, 1.54) is 0 Å². The van der Waals surface area contributed by atoms with Crippen LogP contribution in [0.25, 0.3) is 0 Å². The van der Waals surface area contributed by atoms with Gasteiger partial charge < -0.3 is 9.73 Å². The standard InChI is InChI=1S/C8H14N4OS/c1-6(7-10-11-8(14)13-7)12-4-2-9-3-5-12/h6,9H,2-5H2,1H3,(H,11,14). The van der Waals surface area contributed by atoms with Gasteiger partial charge in [0.15, 0.2) is 0 Å². The molecule has 5 nitrogen and oxygen atoms in total. The van der Waals surface area contributed by atoms with Crippen molar-refractivity contribution in [2.45, 2.75) is 13.0 Å². The van der Waals surface area contributed by atoms with E-state index in [9.17, 15) is 0 Å². The van der Waals surface area contributed by atoms with E-state index in [1.54, 1.807) is 0 Å². The Morgan fingerprint density at radius 3 is 2.79 bits per heavy atom. The Hall–Kier alpha value is -0.720. The molecule has 1 saturated heterocycles. The molecule has 0 aromatic carbocycles. The molecule has 2 heterocycles. The molecule has 78 valence electrons. The first-order valence-corrected chi connectivity index (χ1v) is 5.18. The average Bonchev–Trinajstić information content (AvgIpc) is 2.65. The Bertz CT molecular complexity index is 341. The van der Waals surface area contributed by atoms with Crippen LogP contribution in [-0.2, 0) is 0 Å². The zero-order valence-corrected chi connectivity index (χ0v) is 8.93. The largest absolute Gasteiger partial charge is 0.412 e. The SMILES string of the molecule is CC(c1n[nH]c(=S)o1)N1CCNCC1. The maximum Gasteiger partial charge on any atom is 0.284 e. The molecule has 0 spiro atoms. The number of rotatable bonds is 2. The van der Waals surface area contributed by atoms with Crippen LogP contribution in [0, 0.1) is 4.84 Å². The molecule has 0 amide bonds. The van der Waals surface area contributed by atoms with Crippen molar-refractivity contribution in [3.63, 3.8) is 0 Å². The first-order valence-electron chi connectivity index (χ1n) is 4.77. The Balaban J connectivity index is 2.06. The summed E-state index contributed by atoms with van der Waals surface area (Å²) in [6.45, 7) is 6.18. The topological polar surface area (TPSA) is 57.1 Å². The second kappa shape index (κ2) is 4.20. The molecule has 0 aliphatic carbocycles. The molecule has 1 fully saturated rings. The molecule has 2 N–H and O–H groups in total. The van der Waals surface area contributed by atoms with E-state index in [0.29, 0.717) is 10.7 Å². The first-order chi connectivity index (χ1) is 6.77. The lowest BCUT2D eigenvalue weighted by atomic mass is 10.2. The zero-order chi connectivity index (χ0) is 9.97. The van der Waals surface area contributed by atoms with Gasteiger partial charge in [0.05, 0.1) is 6.04 Å². The molecular weight excluding hydrogens is 200 g/mol. The molecule has 1 unspecified atom stereocenters. The number of hydrogen-bond acceptors (Lipinski definition) is 5. The molecule has 2 rings (SSSR count). The van der Waals surface area contributed by atoms with Gasteiger partial charge >= 0.3 is 0 Å². The monoisotopic (exact) mass is 214 g/mol. The van der Waals surface area contributed by atoms with Crippen molar-refractivity contribution in [1.82, 2.24) is 20.4 Å². The summed E-state index contributed by atoms with van der Waals surface area (Å²) in [7, 11) is 0. The maximum atomic E-state index is 5.28. The summed E-state index contributed by atoms with van der Waals surface area (Å²) < 4.78 is 5.28. The lowest BCUT2D eigenvalue weighted by Crippen LogP contribution is -2.44. The fraction of sp³-hybridized carbons (Fsp3) is 0.750. The normalized spacial score (nSPS) is 20.9. The van der Waals surface area contributed by atoms with Crippen LogP contribution in [0.3, 0.4) is 0 Å². The molecular formula is C8H14N4OS. The van der Waals surface area contributed by atoms with Gasteiger partial charge in [-0.25, -0.2) is 5.10 Å². The zero-order valence-electron chi connectivity index (χ0n) is 8.12. The second-order valence-electron chi connectivity index (χ2n) is 3.41. The first kappa shape index (κ1) is 9.82. The minimum atomic E-state index is 0.199. The summed E-state index contributed by atoms with van der Waals surface area (Å²) in [5, 5.41) is 9.98. The van der Waals surface area contributed by atoms with Gasteiger partial charge in [-0.3, -0.25) is 4.90 Å². The van der Waals surface area contributed by atoms with Crippen LogP contribution >= 0.6 is 12.2 Å². The third kappa shape index (κ3) is 2.02. The Morgan fingerprint density at radius 2 is 2.21 bits per heavy atom. The van der Waals surface area contributed by atoms with Crippen LogP contribution in [0.5, 0.6) is 0 Å². The number of aromatic nitrogens is 2. The summed E-state index contributed by atoms with van der Waals surface area (Å²) >= 11 is 4.84. The summed E-state index contributed by atoms with van der Waals surface area (Å²) in [4.78, 5) is 2.67. The van der Waals surface area contributed by atoms with E-state index in [-0.39, 0.29) is 6.04 Å². The highest BCUT2D eigenvalue weighted by Gasteiger charge is 2.21. The molecule has 0 saturated carbocycles. The van der Waals surface area contributed by atoms with Gasteiger partial charge in [-0.15, -0.1) is 5.10 Å². The predicted molar refractivity (Wildman–Crippen MR) is 54.5 cm³/mol. The van der Waals surface area contributed by atoms with Gasteiger partial charge in [0.2, 0.25) is 5.89 Å². The third-order valence-electron chi connectivity index (χ3n) is 2.51. The maximum absolute atomic E-state index is 5.28. The average molecular weight is 214 g/mol. The summed E-state index contributed by atoms with van der Waals surface area (Å²) in [6, 6.07) is 0.199. The smallest absolute Gasteiger partial charge is 0.284 e. The van der Waals surface area contributed by atoms with E-state index in [4.69, 9.17) is 16.6 Å². The minimum absolute atomic E-state index is 0.199. The quantitative estimate of drug-likeness (QED) is 0.710. The molecule has 1 atom stereocenters. The van der Waals surface area contributed by atoms with Crippen LogP contribution in [0.4, 0.5) is 0 Å². The van der Waals surface area contributed by atoms with Gasteiger partial charge in [-0.05, 0) is 19.1 Å². The molecule has 0 radical (unpaired) electrons. The fourth-order valence-corrected chi connectivity index (χ4v) is 1.78. The highest BCUT2D eigenvalue weighted by molar-refractivity contribution is 7.71. The third-order valence-corrected chi connectivity index (χ3v) is 2.69. The van der Waals surface area contributed by atoms with E-state index >= 15 is 0 Å². The van der Waals surface area contributed by atoms with E-state index < -0.39 is 0 Å². The summed E-state index contributed by atoms with van der Waals surface area (Å²) in [6.07, 6.45) is 0. The van der Waals surface area contributed by atoms with Crippen molar-refractivity contribution in [2.24, 2.45) is 0 Å². The fourth-order valence-electron chi connectivity index (χ4n) is 1.65. The summed E-state index contributed by atoms with van der Waals surface area (Å²) in [5.41, 5.74) is 0. The summed E-state index contributed by atoms with van der Waals surface area (Å²) in [5.74, 6) is 0.678. The van der Waals surface area contributed by atoms with Crippen molar-refractivity contribution < 1.29 is 4.42 Å². The second-order valence-corrected chi connectivity index (χ2v) is 3.78. The van der Waals surface area contributed by atoms with Crippen molar-refractivity contribution in [3.05, 3.63) is 10.7 Å². The van der Waals surface area contributed by atoms with Crippen LogP contribution in [0.1, 0.15) is 18.9 Å². The van der Waals surface area contributed by atoms with Gasteiger partial charge in [-0.2, -0.15) is 0 Å². The number of aromatic amines is 1. The predicted octanol–water partition coefficient (Wildman–Crippen LogP) is 0.698. The Morgan fingerprint density at radius 1 is 1.50 bits per heavy atom. The van der Waals surface area contributed by atoms with Gasteiger partial charge in [0.1, 0.15) is 0 Å². The number of H-pyrrole nitrogens is 1. The van der Waals surface area contributed by atoms with Crippen LogP contribution < -0.4 is 5.32 Å². The van der Waals surface area contributed by atoms with Crippen LogP contribution in [-0.4, -0.2) is 41.3 Å². The molecule has 1 aliphatic heterocycles. The molecule has 1 aromatic heterocycles. The van der Waals surface area contributed by atoms with Gasteiger partial charge in [0.25, 0.3) is 4.84 Å².